The van der Waals surface area contributed by atoms with E-state index >= 15 is 0 Å². The lowest BCUT2D eigenvalue weighted by Gasteiger charge is -2.35. The Morgan fingerprint density at radius 3 is 2.62 bits per heavy atom. The summed E-state index contributed by atoms with van der Waals surface area (Å²) >= 11 is 1.18. The predicted octanol–water partition coefficient (Wildman–Crippen LogP) is 1.41. The zero-order chi connectivity index (χ0) is 19.2. The molecule has 2 rings (SSSR count). The van der Waals surface area contributed by atoms with Crippen molar-refractivity contribution in [1.82, 2.24) is 14.9 Å². The number of ether oxygens (including phenoxy) is 1. The number of carbonyl (C=O) groups is 1. The average molecular weight is 404 g/mol. The maximum Gasteiger partial charge on any atom is 0.250 e. The molecular weight excluding hydrogens is 374 g/mol. The minimum absolute atomic E-state index is 0.136. The lowest BCUT2D eigenvalue weighted by molar-refractivity contribution is -0.119. The molecule has 7 nitrogen and oxygen atoms in total. The quantitative estimate of drug-likeness (QED) is 0.651. The third kappa shape index (κ3) is 6.62. The van der Waals surface area contributed by atoms with Gasteiger partial charge in [-0.3, -0.25) is 9.69 Å². The summed E-state index contributed by atoms with van der Waals surface area (Å²) in [7, 11) is -3.55. The van der Waals surface area contributed by atoms with Crippen LogP contribution in [0.2, 0.25) is 0 Å². The number of sulfonamides is 1. The normalized spacial score (nSPS) is 17.4. The third-order valence-corrected chi connectivity index (χ3v) is 7.23. The highest BCUT2D eigenvalue weighted by Gasteiger charge is 2.25. The summed E-state index contributed by atoms with van der Waals surface area (Å²) in [6, 6.07) is 3.49. The molecule has 0 saturated carbocycles. The third-order valence-electron chi connectivity index (χ3n) is 4.23. The van der Waals surface area contributed by atoms with Gasteiger partial charge < -0.3 is 10.1 Å². The van der Waals surface area contributed by atoms with Gasteiger partial charge >= 0.3 is 0 Å². The van der Waals surface area contributed by atoms with Gasteiger partial charge in [0.15, 0.2) is 0 Å². The summed E-state index contributed by atoms with van der Waals surface area (Å²) in [5.41, 5.74) is 0. The van der Waals surface area contributed by atoms with Crippen LogP contribution in [0.3, 0.4) is 0 Å². The van der Waals surface area contributed by atoms with Crippen LogP contribution in [0.25, 0.3) is 0 Å². The highest BCUT2D eigenvalue weighted by atomic mass is 32.2. The number of hydrogen-bond donors (Lipinski definition) is 2. The molecule has 148 valence electrons. The average Bonchev–Trinajstić information content (AvgIpc) is 3.07. The van der Waals surface area contributed by atoms with Gasteiger partial charge in [-0.1, -0.05) is 13.8 Å². The van der Waals surface area contributed by atoms with E-state index in [0.717, 1.165) is 24.4 Å². The summed E-state index contributed by atoms with van der Waals surface area (Å²) in [6.45, 7) is 9.52. The van der Waals surface area contributed by atoms with Crippen LogP contribution in [0, 0.1) is 5.92 Å². The van der Waals surface area contributed by atoms with Crippen molar-refractivity contribution >= 4 is 27.3 Å². The van der Waals surface area contributed by atoms with E-state index in [1.54, 1.807) is 12.1 Å². The van der Waals surface area contributed by atoms with E-state index in [9.17, 15) is 13.2 Å². The lowest BCUT2D eigenvalue weighted by Crippen LogP contribution is -2.49. The van der Waals surface area contributed by atoms with Crippen molar-refractivity contribution in [2.24, 2.45) is 5.92 Å². The van der Waals surface area contributed by atoms with E-state index in [2.05, 4.69) is 28.8 Å². The van der Waals surface area contributed by atoms with E-state index in [1.807, 2.05) is 0 Å². The molecule has 0 radical (unpaired) electrons. The molecule has 2 heterocycles. The van der Waals surface area contributed by atoms with Crippen molar-refractivity contribution in [2.45, 2.75) is 44.0 Å². The van der Waals surface area contributed by atoms with Crippen molar-refractivity contribution in [1.29, 1.82) is 0 Å². The van der Waals surface area contributed by atoms with Gasteiger partial charge in [0.2, 0.25) is 15.9 Å². The fourth-order valence-corrected chi connectivity index (χ4v) is 5.35. The molecule has 2 N–H and O–H groups in total. The minimum atomic E-state index is -3.55. The second-order valence-corrected chi connectivity index (χ2v) is 10.1. The largest absolute Gasteiger partial charge is 0.379 e. The van der Waals surface area contributed by atoms with Crippen LogP contribution in [-0.4, -0.2) is 58.1 Å². The number of hydrogen-bond acceptors (Lipinski definition) is 6. The van der Waals surface area contributed by atoms with Crippen LogP contribution in [0.1, 0.15) is 32.1 Å². The molecule has 1 aromatic rings. The standard InChI is InChI=1S/C17H29N3O4S2/c1-13(2)10-15(20-6-8-24-9-7-20)11-19-26(22,23)17-5-4-16(25-17)12-18-14(3)21/h4-5,13,15,19H,6-12H2,1-3H3,(H,18,21). The molecule has 1 aliphatic rings. The molecule has 1 saturated heterocycles. The maximum atomic E-state index is 12.6. The first-order valence-corrected chi connectivity index (χ1v) is 11.2. The van der Waals surface area contributed by atoms with E-state index in [1.165, 1.54) is 18.3 Å². The Morgan fingerprint density at radius 1 is 1.31 bits per heavy atom. The van der Waals surface area contributed by atoms with Gasteiger partial charge in [-0.15, -0.1) is 11.3 Å². The predicted molar refractivity (Wildman–Crippen MR) is 103 cm³/mol. The number of nitrogens with zero attached hydrogens (tertiary/aromatic N) is 1. The van der Waals surface area contributed by atoms with Crippen molar-refractivity contribution in [3.05, 3.63) is 17.0 Å². The highest BCUT2D eigenvalue weighted by Crippen LogP contribution is 2.22. The Morgan fingerprint density at radius 2 is 2.00 bits per heavy atom. The summed E-state index contributed by atoms with van der Waals surface area (Å²) in [5.74, 6) is 0.348. The molecule has 9 heteroatoms. The topological polar surface area (TPSA) is 87.7 Å². The van der Waals surface area contributed by atoms with Gasteiger partial charge in [-0.2, -0.15) is 0 Å². The summed E-state index contributed by atoms with van der Waals surface area (Å²) in [4.78, 5) is 14.1. The zero-order valence-corrected chi connectivity index (χ0v) is 17.3. The summed E-state index contributed by atoms with van der Waals surface area (Å²) in [5, 5.41) is 2.68. The van der Waals surface area contributed by atoms with Gasteiger partial charge in [0.1, 0.15) is 4.21 Å². The first-order valence-electron chi connectivity index (χ1n) is 8.92. The molecule has 1 unspecified atom stereocenters. The van der Waals surface area contributed by atoms with Crippen LogP contribution in [0.4, 0.5) is 0 Å². The van der Waals surface area contributed by atoms with Gasteiger partial charge in [0, 0.05) is 37.5 Å². The molecule has 1 atom stereocenters. The number of amides is 1. The lowest BCUT2D eigenvalue weighted by atomic mass is 10.0. The Balaban J connectivity index is 1.98. The maximum absolute atomic E-state index is 12.6. The number of thiophene rings is 1. The molecule has 0 aliphatic carbocycles. The molecule has 0 spiro atoms. The van der Waals surface area contributed by atoms with E-state index in [-0.39, 0.29) is 16.2 Å². The first-order chi connectivity index (χ1) is 12.3. The van der Waals surface area contributed by atoms with Gasteiger partial charge in [0.05, 0.1) is 19.8 Å². The second kappa shape index (κ2) is 9.80. The van der Waals surface area contributed by atoms with Gasteiger partial charge in [0.25, 0.3) is 0 Å². The Hall–Kier alpha value is -1.00. The van der Waals surface area contributed by atoms with Crippen molar-refractivity contribution in [2.75, 3.05) is 32.8 Å². The van der Waals surface area contributed by atoms with Crippen molar-refractivity contribution in [3.8, 4) is 0 Å². The van der Waals surface area contributed by atoms with Crippen LogP contribution in [-0.2, 0) is 26.1 Å². The Bertz CT molecular complexity index is 682. The summed E-state index contributed by atoms with van der Waals surface area (Å²) < 4.78 is 33.7. The van der Waals surface area contributed by atoms with E-state index in [0.29, 0.717) is 32.2 Å². The zero-order valence-electron chi connectivity index (χ0n) is 15.7. The first kappa shape index (κ1) is 21.3. The Labute approximate surface area is 160 Å². The number of nitrogens with one attached hydrogen (secondary N) is 2. The highest BCUT2D eigenvalue weighted by molar-refractivity contribution is 7.91. The molecule has 1 aliphatic heterocycles. The fraction of sp³-hybridized carbons (Fsp3) is 0.706. The molecular formula is C17H29N3O4S2. The molecule has 1 aromatic heterocycles. The molecule has 1 fully saturated rings. The van der Waals surface area contributed by atoms with Gasteiger partial charge in [-0.25, -0.2) is 13.1 Å². The number of morpholine rings is 1. The van der Waals surface area contributed by atoms with Crippen LogP contribution < -0.4 is 10.0 Å². The van der Waals surface area contributed by atoms with Crippen LogP contribution in [0.15, 0.2) is 16.3 Å². The fourth-order valence-electron chi connectivity index (χ4n) is 2.93. The molecule has 0 bridgehead atoms. The van der Waals surface area contributed by atoms with Crippen LogP contribution in [0.5, 0.6) is 0 Å². The molecule has 0 aromatic carbocycles. The van der Waals surface area contributed by atoms with Crippen molar-refractivity contribution in [3.63, 3.8) is 0 Å². The number of rotatable bonds is 9. The van der Waals surface area contributed by atoms with E-state index < -0.39 is 10.0 Å². The monoisotopic (exact) mass is 403 g/mol. The number of carbonyl (C=O) groups excluding carboxylic acids is 1. The Kier molecular flexibility index (Phi) is 8.03. The summed E-state index contributed by atoms with van der Waals surface area (Å²) in [6.07, 6.45) is 0.931. The van der Waals surface area contributed by atoms with Gasteiger partial charge in [-0.05, 0) is 24.5 Å². The van der Waals surface area contributed by atoms with Crippen molar-refractivity contribution < 1.29 is 17.9 Å². The van der Waals surface area contributed by atoms with E-state index in [4.69, 9.17) is 4.74 Å². The molecule has 1 amide bonds. The SMILES string of the molecule is CC(=O)NCc1ccc(S(=O)(=O)NCC(CC(C)C)N2CCOCC2)s1. The smallest absolute Gasteiger partial charge is 0.250 e. The molecule has 26 heavy (non-hydrogen) atoms. The second-order valence-electron chi connectivity index (χ2n) is 6.91. The van der Waals surface area contributed by atoms with Crippen LogP contribution >= 0.6 is 11.3 Å². The minimum Gasteiger partial charge on any atom is -0.379 e.